The average molecular weight is 319 g/mol. The third-order valence-electron chi connectivity index (χ3n) is 2.84. The molecule has 2 heterocycles. The maximum absolute atomic E-state index is 12.5. The minimum absolute atomic E-state index is 0.373. The van der Waals surface area contributed by atoms with E-state index in [1.165, 1.54) is 0 Å². The molecule has 22 heavy (non-hydrogen) atoms. The Morgan fingerprint density at radius 3 is 2.64 bits per heavy atom. The van der Waals surface area contributed by atoms with Gasteiger partial charge in [-0.05, 0) is 44.4 Å². The lowest BCUT2D eigenvalue weighted by atomic mass is 10.2. The predicted octanol–water partition coefficient (Wildman–Crippen LogP) is 3.54. The molecule has 1 amide bonds. The van der Waals surface area contributed by atoms with Crippen LogP contribution in [0.4, 0.5) is 10.5 Å². The van der Waals surface area contributed by atoms with Gasteiger partial charge in [-0.2, -0.15) is 0 Å². The van der Waals surface area contributed by atoms with Crippen molar-refractivity contribution in [3.05, 3.63) is 46.4 Å². The number of carbonyl (C=O) groups is 1. The molecule has 0 bridgehead atoms. The summed E-state index contributed by atoms with van der Waals surface area (Å²) in [4.78, 5) is 19.4. The zero-order chi connectivity index (χ0) is 16.2. The summed E-state index contributed by atoms with van der Waals surface area (Å²) in [6.07, 6.45) is 1.27. The number of amides is 1. The maximum Gasteiger partial charge on any atom is 0.415 e. The molecule has 5 nitrogen and oxygen atoms in total. The SMILES string of the molecule is CC(C)(C)OC(=O)N(Cc1cccs1)c1ccc(CN)nc1. The molecule has 0 aliphatic heterocycles. The summed E-state index contributed by atoms with van der Waals surface area (Å²) in [5.74, 6) is 0. The Hall–Kier alpha value is -1.92. The smallest absolute Gasteiger partial charge is 0.415 e. The summed E-state index contributed by atoms with van der Waals surface area (Å²) in [5.41, 5.74) is 6.49. The van der Waals surface area contributed by atoms with Crippen molar-refractivity contribution in [2.75, 3.05) is 4.90 Å². The highest BCUT2D eigenvalue weighted by Crippen LogP contribution is 2.22. The summed E-state index contributed by atoms with van der Waals surface area (Å²) >= 11 is 1.60. The Bertz CT molecular complexity index is 603. The highest BCUT2D eigenvalue weighted by atomic mass is 32.1. The van der Waals surface area contributed by atoms with Gasteiger partial charge < -0.3 is 10.5 Å². The Labute approximate surface area is 134 Å². The number of anilines is 1. The normalized spacial score (nSPS) is 11.3. The van der Waals surface area contributed by atoms with Crippen molar-refractivity contribution in [2.45, 2.75) is 39.5 Å². The monoisotopic (exact) mass is 319 g/mol. The number of aromatic nitrogens is 1. The van der Waals surface area contributed by atoms with Gasteiger partial charge in [0.25, 0.3) is 0 Å². The third-order valence-corrected chi connectivity index (χ3v) is 3.70. The molecule has 0 aliphatic rings. The van der Waals surface area contributed by atoms with Crippen LogP contribution in [0.5, 0.6) is 0 Å². The number of thiophene rings is 1. The van der Waals surface area contributed by atoms with Gasteiger partial charge in [0.1, 0.15) is 5.60 Å². The third kappa shape index (κ3) is 4.54. The van der Waals surface area contributed by atoms with Crippen LogP contribution in [0, 0.1) is 0 Å². The number of hydrogen-bond acceptors (Lipinski definition) is 5. The molecule has 0 aromatic carbocycles. The first kappa shape index (κ1) is 16.5. The molecule has 0 atom stereocenters. The lowest BCUT2D eigenvalue weighted by molar-refractivity contribution is 0.0578. The van der Waals surface area contributed by atoms with Gasteiger partial charge in [-0.3, -0.25) is 9.88 Å². The molecule has 0 spiro atoms. The highest BCUT2D eigenvalue weighted by Gasteiger charge is 2.24. The van der Waals surface area contributed by atoms with Crippen LogP contribution in [0.1, 0.15) is 31.3 Å². The van der Waals surface area contributed by atoms with Crippen molar-refractivity contribution in [1.82, 2.24) is 4.98 Å². The van der Waals surface area contributed by atoms with Crippen molar-refractivity contribution in [3.8, 4) is 0 Å². The van der Waals surface area contributed by atoms with Crippen LogP contribution < -0.4 is 10.6 Å². The lowest BCUT2D eigenvalue weighted by Crippen LogP contribution is -2.36. The number of nitrogens with zero attached hydrogens (tertiary/aromatic N) is 2. The predicted molar refractivity (Wildman–Crippen MR) is 88.9 cm³/mol. The lowest BCUT2D eigenvalue weighted by Gasteiger charge is -2.27. The minimum Gasteiger partial charge on any atom is -0.443 e. The Morgan fingerprint density at radius 1 is 1.36 bits per heavy atom. The van der Waals surface area contributed by atoms with Crippen molar-refractivity contribution in [3.63, 3.8) is 0 Å². The summed E-state index contributed by atoms with van der Waals surface area (Å²) < 4.78 is 5.50. The van der Waals surface area contributed by atoms with Crippen LogP contribution in [0.25, 0.3) is 0 Å². The number of carbonyl (C=O) groups excluding carboxylic acids is 1. The van der Waals surface area contributed by atoms with E-state index in [1.54, 1.807) is 22.4 Å². The molecule has 6 heteroatoms. The first-order valence-electron chi connectivity index (χ1n) is 7.07. The van der Waals surface area contributed by atoms with E-state index in [4.69, 9.17) is 10.5 Å². The fourth-order valence-corrected chi connectivity index (χ4v) is 2.53. The fraction of sp³-hybridized carbons (Fsp3) is 0.375. The maximum atomic E-state index is 12.5. The van der Waals surface area contributed by atoms with E-state index < -0.39 is 5.60 Å². The molecule has 0 fully saturated rings. The van der Waals surface area contributed by atoms with Gasteiger partial charge in [-0.15, -0.1) is 11.3 Å². The van der Waals surface area contributed by atoms with E-state index in [0.29, 0.717) is 18.8 Å². The Balaban J connectivity index is 2.25. The van der Waals surface area contributed by atoms with E-state index in [-0.39, 0.29) is 6.09 Å². The largest absolute Gasteiger partial charge is 0.443 e. The molecule has 118 valence electrons. The first-order chi connectivity index (χ1) is 10.4. The fourth-order valence-electron chi connectivity index (χ4n) is 1.83. The van der Waals surface area contributed by atoms with E-state index >= 15 is 0 Å². The summed E-state index contributed by atoms with van der Waals surface area (Å²) in [7, 11) is 0. The van der Waals surface area contributed by atoms with Gasteiger partial charge >= 0.3 is 6.09 Å². The number of ether oxygens (including phenoxy) is 1. The summed E-state index contributed by atoms with van der Waals surface area (Å²) in [6, 6.07) is 7.61. The number of pyridine rings is 1. The van der Waals surface area contributed by atoms with Gasteiger partial charge in [0.05, 0.1) is 24.1 Å². The second-order valence-electron chi connectivity index (χ2n) is 5.86. The first-order valence-corrected chi connectivity index (χ1v) is 7.95. The van der Waals surface area contributed by atoms with Crippen LogP contribution in [0.3, 0.4) is 0 Å². The van der Waals surface area contributed by atoms with Crippen LogP contribution in [0.15, 0.2) is 35.8 Å². The molecule has 0 aliphatic carbocycles. The van der Waals surface area contributed by atoms with Crippen molar-refractivity contribution >= 4 is 23.1 Å². The van der Waals surface area contributed by atoms with Crippen molar-refractivity contribution in [2.24, 2.45) is 5.73 Å². The van der Waals surface area contributed by atoms with Gasteiger partial charge in [0.2, 0.25) is 0 Å². The van der Waals surface area contributed by atoms with E-state index in [1.807, 2.05) is 50.4 Å². The number of hydrogen-bond donors (Lipinski definition) is 1. The number of rotatable bonds is 4. The van der Waals surface area contributed by atoms with Crippen LogP contribution >= 0.6 is 11.3 Å². The van der Waals surface area contributed by atoms with Crippen LogP contribution in [-0.4, -0.2) is 16.7 Å². The zero-order valence-electron chi connectivity index (χ0n) is 13.1. The highest BCUT2D eigenvalue weighted by molar-refractivity contribution is 7.09. The molecular formula is C16H21N3O2S. The summed E-state index contributed by atoms with van der Waals surface area (Å²) in [5, 5.41) is 1.98. The van der Waals surface area contributed by atoms with Gasteiger partial charge in [0, 0.05) is 11.4 Å². The molecule has 2 aromatic rings. The molecule has 2 aromatic heterocycles. The summed E-state index contributed by atoms with van der Waals surface area (Å²) in [6.45, 7) is 6.38. The molecule has 0 saturated heterocycles. The molecule has 0 unspecified atom stereocenters. The van der Waals surface area contributed by atoms with E-state index in [2.05, 4.69) is 4.98 Å². The number of nitrogens with two attached hydrogens (primary N) is 1. The average Bonchev–Trinajstić information content (AvgIpc) is 2.96. The van der Waals surface area contributed by atoms with Crippen LogP contribution in [-0.2, 0) is 17.8 Å². The van der Waals surface area contributed by atoms with E-state index in [0.717, 1.165) is 10.6 Å². The van der Waals surface area contributed by atoms with Gasteiger partial charge in [0.15, 0.2) is 0 Å². The quantitative estimate of drug-likeness (QED) is 0.936. The van der Waals surface area contributed by atoms with E-state index in [9.17, 15) is 4.79 Å². The van der Waals surface area contributed by atoms with Crippen molar-refractivity contribution < 1.29 is 9.53 Å². The second-order valence-corrected chi connectivity index (χ2v) is 6.89. The van der Waals surface area contributed by atoms with Gasteiger partial charge in [-0.25, -0.2) is 4.79 Å². The topological polar surface area (TPSA) is 68.5 Å². The molecule has 2 rings (SSSR count). The second kappa shape index (κ2) is 6.89. The molecular weight excluding hydrogens is 298 g/mol. The van der Waals surface area contributed by atoms with Gasteiger partial charge in [-0.1, -0.05) is 6.07 Å². The van der Waals surface area contributed by atoms with Crippen LogP contribution in [0.2, 0.25) is 0 Å². The molecule has 0 radical (unpaired) electrons. The standard InChI is InChI=1S/C16H21N3O2S/c1-16(2,3)21-15(20)19(11-14-5-4-8-22-14)13-7-6-12(9-17)18-10-13/h4-8,10H,9,11,17H2,1-3H3. The Kier molecular flexibility index (Phi) is 5.15. The zero-order valence-corrected chi connectivity index (χ0v) is 13.9. The molecule has 0 saturated carbocycles. The Morgan fingerprint density at radius 2 is 2.14 bits per heavy atom. The minimum atomic E-state index is -0.546. The van der Waals surface area contributed by atoms with Crippen molar-refractivity contribution in [1.29, 1.82) is 0 Å². The molecule has 2 N–H and O–H groups in total.